The summed E-state index contributed by atoms with van der Waals surface area (Å²) in [6, 6.07) is 6.86. The number of carbonyl (C=O) groups is 2. The standard InChI is InChI=1S/C15H21N3O2S2/c1-21-8-6-12(18-15(16)20)14(19)17-11-7-9-22-13-5-3-2-4-10(11)13/h2-5,11-12H,6-9H2,1H3,(H,17,19)(H3,16,18,20)/t11-,12+/m0/s1. The average Bonchev–Trinajstić information content (AvgIpc) is 2.51. The molecule has 2 atom stereocenters. The lowest BCUT2D eigenvalue weighted by atomic mass is 10.0. The first-order valence-corrected chi connectivity index (χ1v) is 9.56. The van der Waals surface area contributed by atoms with Crippen molar-refractivity contribution in [3.8, 4) is 0 Å². The maximum Gasteiger partial charge on any atom is 0.312 e. The van der Waals surface area contributed by atoms with Gasteiger partial charge in [-0.2, -0.15) is 11.8 Å². The minimum absolute atomic E-state index is 0.00333. The second-order valence-corrected chi connectivity index (χ2v) is 7.20. The van der Waals surface area contributed by atoms with Crippen molar-refractivity contribution in [3.63, 3.8) is 0 Å². The van der Waals surface area contributed by atoms with Crippen molar-refractivity contribution in [3.05, 3.63) is 29.8 Å². The van der Waals surface area contributed by atoms with E-state index in [0.717, 1.165) is 23.5 Å². The van der Waals surface area contributed by atoms with Crippen LogP contribution in [0.3, 0.4) is 0 Å². The van der Waals surface area contributed by atoms with Crippen molar-refractivity contribution in [2.75, 3.05) is 17.8 Å². The van der Waals surface area contributed by atoms with Gasteiger partial charge in [0.25, 0.3) is 0 Å². The molecule has 0 fully saturated rings. The molecule has 7 heteroatoms. The lowest BCUT2D eigenvalue weighted by Crippen LogP contribution is -2.49. The zero-order valence-electron chi connectivity index (χ0n) is 12.5. The Labute approximate surface area is 139 Å². The van der Waals surface area contributed by atoms with Gasteiger partial charge < -0.3 is 16.4 Å². The number of nitrogens with one attached hydrogen (secondary N) is 2. The van der Waals surface area contributed by atoms with Gasteiger partial charge >= 0.3 is 6.03 Å². The van der Waals surface area contributed by atoms with Crippen LogP contribution in [0, 0.1) is 0 Å². The minimum Gasteiger partial charge on any atom is -0.352 e. The molecule has 0 aromatic heterocycles. The minimum atomic E-state index is -0.666. The number of benzene rings is 1. The van der Waals surface area contributed by atoms with Crippen LogP contribution in [-0.4, -0.2) is 35.7 Å². The third-order valence-electron chi connectivity index (χ3n) is 3.52. The topological polar surface area (TPSA) is 84.2 Å². The fraction of sp³-hybridized carbons (Fsp3) is 0.467. The van der Waals surface area contributed by atoms with Gasteiger partial charge in [-0.3, -0.25) is 4.79 Å². The largest absolute Gasteiger partial charge is 0.352 e. The summed E-state index contributed by atoms with van der Waals surface area (Å²) in [4.78, 5) is 24.8. The molecule has 0 unspecified atom stereocenters. The predicted octanol–water partition coefficient (Wildman–Crippen LogP) is 2.13. The Hall–Kier alpha value is -1.34. The van der Waals surface area contributed by atoms with Crippen LogP contribution in [0.2, 0.25) is 0 Å². The normalized spacial score (nSPS) is 18.1. The quantitative estimate of drug-likeness (QED) is 0.741. The smallest absolute Gasteiger partial charge is 0.312 e. The number of thioether (sulfide) groups is 2. The van der Waals surface area contributed by atoms with E-state index in [4.69, 9.17) is 5.73 Å². The average molecular weight is 339 g/mol. The van der Waals surface area contributed by atoms with Gasteiger partial charge in [-0.25, -0.2) is 4.79 Å². The van der Waals surface area contributed by atoms with E-state index in [1.807, 2.05) is 36.2 Å². The van der Waals surface area contributed by atoms with E-state index in [9.17, 15) is 9.59 Å². The molecule has 3 amide bonds. The van der Waals surface area contributed by atoms with Gasteiger partial charge in [0.15, 0.2) is 0 Å². The Bertz CT molecular complexity index is 539. The maximum absolute atomic E-state index is 12.5. The summed E-state index contributed by atoms with van der Waals surface area (Å²) >= 11 is 3.44. The first kappa shape index (κ1) is 17.0. The molecule has 1 aliphatic heterocycles. The Morgan fingerprint density at radius 2 is 2.23 bits per heavy atom. The fourth-order valence-electron chi connectivity index (χ4n) is 2.44. The van der Waals surface area contributed by atoms with Crippen LogP contribution in [0.25, 0.3) is 0 Å². The van der Waals surface area contributed by atoms with Crippen molar-refractivity contribution < 1.29 is 9.59 Å². The summed E-state index contributed by atoms with van der Waals surface area (Å²) in [6.45, 7) is 0. The molecule has 22 heavy (non-hydrogen) atoms. The van der Waals surface area contributed by atoms with E-state index in [1.165, 1.54) is 4.90 Å². The highest BCUT2D eigenvalue weighted by Crippen LogP contribution is 2.35. The lowest BCUT2D eigenvalue weighted by molar-refractivity contribution is -0.123. The van der Waals surface area contributed by atoms with Crippen LogP contribution in [0.4, 0.5) is 4.79 Å². The van der Waals surface area contributed by atoms with Gasteiger partial charge in [0, 0.05) is 10.6 Å². The molecule has 0 aliphatic carbocycles. The highest BCUT2D eigenvalue weighted by atomic mass is 32.2. The van der Waals surface area contributed by atoms with Crippen LogP contribution in [0.1, 0.15) is 24.4 Å². The molecule has 1 aliphatic rings. The van der Waals surface area contributed by atoms with Crippen LogP contribution >= 0.6 is 23.5 Å². The van der Waals surface area contributed by atoms with Crippen LogP contribution < -0.4 is 16.4 Å². The Balaban J connectivity index is 2.05. The predicted molar refractivity (Wildman–Crippen MR) is 92.2 cm³/mol. The number of fused-ring (bicyclic) bond motifs is 1. The Kier molecular flexibility index (Phi) is 6.45. The molecule has 0 spiro atoms. The van der Waals surface area contributed by atoms with Crippen molar-refractivity contribution in [1.29, 1.82) is 0 Å². The van der Waals surface area contributed by atoms with Crippen molar-refractivity contribution in [2.45, 2.75) is 29.8 Å². The number of primary amides is 1. The van der Waals surface area contributed by atoms with E-state index in [2.05, 4.69) is 16.7 Å². The summed E-state index contributed by atoms with van der Waals surface area (Å²) in [6.07, 6.45) is 3.42. The van der Waals surface area contributed by atoms with Gasteiger partial charge in [-0.15, -0.1) is 11.8 Å². The summed E-state index contributed by atoms with van der Waals surface area (Å²) in [5.41, 5.74) is 6.32. The third-order valence-corrected chi connectivity index (χ3v) is 5.29. The lowest BCUT2D eigenvalue weighted by Gasteiger charge is -2.27. The first-order valence-electron chi connectivity index (χ1n) is 7.19. The van der Waals surface area contributed by atoms with Crippen molar-refractivity contribution in [1.82, 2.24) is 10.6 Å². The van der Waals surface area contributed by atoms with E-state index in [1.54, 1.807) is 11.8 Å². The summed E-state index contributed by atoms with van der Waals surface area (Å²) in [5.74, 6) is 1.59. The molecule has 1 heterocycles. The van der Waals surface area contributed by atoms with Crippen molar-refractivity contribution in [2.24, 2.45) is 5.73 Å². The van der Waals surface area contributed by atoms with Gasteiger partial charge in [0.1, 0.15) is 6.04 Å². The molecule has 1 aromatic rings. The van der Waals surface area contributed by atoms with Crippen LogP contribution in [-0.2, 0) is 4.79 Å². The van der Waals surface area contributed by atoms with Crippen LogP contribution in [0.15, 0.2) is 29.2 Å². The molecule has 2 rings (SSSR count). The van der Waals surface area contributed by atoms with Gasteiger partial charge in [0.05, 0.1) is 6.04 Å². The molecule has 1 aromatic carbocycles. The number of carbonyl (C=O) groups excluding carboxylic acids is 2. The van der Waals surface area contributed by atoms with E-state index >= 15 is 0 Å². The Morgan fingerprint density at radius 1 is 1.45 bits per heavy atom. The second-order valence-electron chi connectivity index (χ2n) is 5.08. The molecular formula is C15H21N3O2S2. The zero-order chi connectivity index (χ0) is 15.9. The number of amides is 3. The van der Waals surface area contributed by atoms with E-state index in [0.29, 0.717) is 6.42 Å². The highest BCUT2D eigenvalue weighted by Gasteiger charge is 2.26. The van der Waals surface area contributed by atoms with Gasteiger partial charge in [-0.05, 0) is 36.5 Å². The first-order chi connectivity index (χ1) is 10.6. The van der Waals surface area contributed by atoms with Gasteiger partial charge in [0.2, 0.25) is 5.91 Å². The van der Waals surface area contributed by atoms with Crippen molar-refractivity contribution >= 4 is 35.5 Å². The van der Waals surface area contributed by atoms with E-state index < -0.39 is 12.1 Å². The summed E-state index contributed by atoms with van der Waals surface area (Å²) in [7, 11) is 0. The Morgan fingerprint density at radius 3 is 2.95 bits per heavy atom. The monoisotopic (exact) mass is 339 g/mol. The molecule has 5 nitrogen and oxygen atoms in total. The molecule has 4 N–H and O–H groups in total. The van der Waals surface area contributed by atoms with Crippen LogP contribution in [0.5, 0.6) is 0 Å². The molecule has 120 valence electrons. The zero-order valence-corrected chi connectivity index (χ0v) is 14.1. The van der Waals surface area contributed by atoms with Gasteiger partial charge in [-0.1, -0.05) is 18.2 Å². The molecule has 0 bridgehead atoms. The SMILES string of the molecule is CSCC[C@@H](NC(N)=O)C(=O)N[C@H]1CCSc2ccccc21. The molecule has 0 saturated carbocycles. The fourth-order valence-corrected chi connectivity index (χ4v) is 4.04. The highest BCUT2D eigenvalue weighted by molar-refractivity contribution is 7.99. The molecular weight excluding hydrogens is 318 g/mol. The number of rotatable bonds is 6. The molecule has 0 radical (unpaired) electrons. The summed E-state index contributed by atoms with van der Waals surface area (Å²) in [5, 5.41) is 5.59. The summed E-state index contributed by atoms with van der Waals surface area (Å²) < 4.78 is 0. The number of urea groups is 1. The number of nitrogens with two attached hydrogens (primary N) is 1. The maximum atomic E-state index is 12.5. The molecule has 0 saturated heterocycles. The third kappa shape index (κ3) is 4.58. The second kappa shape index (κ2) is 8.33. The van der Waals surface area contributed by atoms with E-state index in [-0.39, 0.29) is 11.9 Å². The number of hydrogen-bond acceptors (Lipinski definition) is 4. The number of hydrogen-bond donors (Lipinski definition) is 3.